The van der Waals surface area contributed by atoms with Gasteiger partial charge in [0.05, 0.1) is 17.6 Å². The number of aliphatic hydroxyl groups excluding tert-OH is 2. The lowest BCUT2D eigenvalue weighted by Crippen LogP contribution is -2.00. The van der Waals surface area contributed by atoms with Gasteiger partial charge in [0.15, 0.2) is 0 Å². The monoisotopic (exact) mass is 274 g/mol. The first-order valence-corrected chi connectivity index (χ1v) is 5.52. The lowest BCUT2D eigenvalue weighted by molar-refractivity contribution is -0.134. The smallest absolute Gasteiger partial charge is 0.313 e. The molecule has 0 heterocycles. The lowest BCUT2D eigenvalue weighted by Gasteiger charge is -1.95. The van der Waals surface area contributed by atoms with Crippen LogP contribution in [0.25, 0.3) is 0 Å². The minimum absolute atomic E-state index is 0.0810. The molecule has 4 N–H and O–H groups in total. The molecule has 0 aromatic heterocycles. The van der Waals surface area contributed by atoms with E-state index in [2.05, 4.69) is 25.3 Å². The summed E-state index contributed by atoms with van der Waals surface area (Å²) in [5.74, 6) is -1.93. The normalized spacial score (nSPS) is 10.1. The maximum atomic E-state index is 9.29. The second-order valence-corrected chi connectivity index (χ2v) is 3.10. The van der Waals surface area contributed by atoms with Crippen LogP contribution in [0.4, 0.5) is 0 Å². The van der Waals surface area contributed by atoms with Gasteiger partial charge in [-0.2, -0.15) is 25.3 Å². The van der Waals surface area contributed by atoms with Gasteiger partial charge in [-0.1, -0.05) is 0 Å². The van der Waals surface area contributed by atoms with Gasteiger partial charge in [0.25, 0.3) is 0 Å². The van der Waals surface area contributed by atoms with Gasteiger partial charge in [0.2, 0.25) is 0 Å². The summed E-state index contributed by atoms with van der Waals surface area (Å²) in [5, 5.41) is 31.8. The van der Waals surface area contributed by atoms with E-state index in [9.17, 15) is 9.59 Å². The third-order valence-corrected chi connectivity index (χ3v) is 1.36. The molecule has 0 fully saturated rings. The maximum Gasteiger partial charge on any atom is 0.313 e. The third-order valence-electron chi connectivity index (χ3n) is 0.817. The predicted octanol–water partition coefficient (Wildman–Crippen LogP) is -0.249. The van der Waals surface area contributed by atoms with E-state index in [1.807, 2.05) is 0 Å². The molecule has 0 rings (SSSR count). The first kappa shape index (κ1) is 20.9. The number of aliphatic carboxylic acids is 2. The van der Waals surface area contributed by atoms with Crippen LogP contribution in [0, 0.1) is 0 Å². The molecule has 16 heavy (non-hydrogen) atoms. The highest BCUT2D eigenvalue weighted by molar-refractivity contribution is 7.81. The van der Waals surface area contributed by atoms with E-state index < -0.39 is 11.9 Å². The summed E-state index contributed by atoms with van der Waals surface area (Å²) in [4.78, 5) is 18.6. The molecular formula is C8H18O6S2. The van der Waals surface area contributed by atoms with Gasteiger partial charge in [-0.25, -0.2) is 0 Å². The van der Waals surface area contributed by atoms with Crippen molar-refractivity contribution in [2.24, 2.45) is 0 Å². The number of carbonyl (C=O) groups is 2. The van der Waals surface area contributed by atoms with E-state index >= 15 is 0 Å². The standard InChI is InChI=1S/C4H10O2.2C2H4O2S/c1-4(6)2-3-5;2*3-2(4)1-5/h4-6H,2-3H2,1H3;2*5H,1H2,(H,3,4). The Hall–Kier alpha value is -0.440. The van der Waals surface area contributed by atoms with Crippen LogP contribution in [0.2, 0.25) is 0 Å². The van der Waals surface area contributed by atoms with E-state index in [0.29, 0.717) is 6.42 Å². The fourth-order valence-corrected chi connectivity index (χ4v) is 0.187. The molecule has 1 unspecified atom stereocenters. The summed E-state index contributed by atoms with van der Waals surface area (Å²) >= 11 is 6.83. The maximum absolute atomic E-state index is 9.29. The fraction of sp³-hybridized carbons (Fsp3) is 0.750. The van der Waals surface area contributed by atoms with Crippen molar-refractivity contribution >= 4 is 37.2 Å². The van der Waals surface area contributed by atoms with Gasteiger partial charge < -0.3 is 20.4 Å². The van der Waals surface area contributed by atoms with Crippen molar-refractivity contribution in [3.8, 4) is 0 Å². The number of carboxylic acids is 2. The number of hydrogen-bond acceptors (Lipinski definition) is 6. The summed E-state index contributed by atoms with van der Waals surface area (Å²) < 4.78 is 0. The molecule has 0 amide bonds. The molecule has 98 valence electrons. The van der Waals surface area contributed by atoms with Crippen molar-refractivity contribution in [3.63, 3.8) is 0 Å². The van der Waals surface area contributed by atoms with Crippen LogP contribution in [0.1, 0.15) is 13.3 Å². The second kappa shape index (κ2) is 17.0. The zero-order valence-corrected chi connectivity index (χ0v) is 10.7. The van der Waals surface area contributed by atoms with Crippen molar-refractivity contribution in [3.05, 3.63) is 0 Å². The number of thiol groups is 2. The Morgan fingerprint density at radius 3 is 1.38 bits per heavy atom. The van der Waals surface area contributed by atoms with Crippen LogP contribution in [0.3, 0.4) is 0 Å². The highest BCUT2D eigenvalue weighted by atomic mass is 32.1. The molecule has 0 saturated heterocycles. The second-order valence-electron chi connectivity index (χ2n) is 2.47. The Kier molecular flexibility index (Phi) is 22.2. The average molecular weight is 274 g/mol. The summed E-state index contributed by atoms with van der Waals surface area (Å²) in [7, 11) is 0. The van der Waals surface area contributed by atoms with Crippen molar-refractivity contribution < 1.29 is 30.0 Å². The van der Waals surface area contributed by atoms with Crippen molar-refractivity contribution in [1.29, 1.82) is 0 Å². The zero-order chi connectivity index (χ0) is 13.6. The van der Waals surface area contributed by atoms with E-state index in [0.717, 1.165) is 0 Å². The van der Waals surface area contributed by atoms with Crippen LogP contribution in [-0.4, -0.2) is 56.6 Å². The Morgan fingerprint density at radius 2 is 1.38 bits per heavy atom. The van der Waals surface area contributed by atoms with Gasteiger partial charge in [-0.05, 0) is 13.3 Å². The van der Waals surface area contributed by atoms with Gasteiger partial charge in [-0.3, -0.25) is 9.59 Å². The fourth-order valence-electron chi connectivity index (χ4n) is 0.187. The number of carboxylic acid groups (broad SMARTS) is 2. The van der Waals surface area contributed by atoms with Crippen LogP contribution >= 0.6 is 25.3 Å². The van der Waals surface area contributed by atoms with Crippen molar-refractivity contribution in [2.45, 2.75) is 19.4 Å². The van der Waals surface area contributed by atoms with Crippen LogP contribution in [0.15, 0.2) is 0 Å². The Balaban J connectivity index is -0.000000160. The van der Waals surface area contributed by atoms with E-state index in [1.54, 1.807) is 6.92 Å². The number of rotatable bonds is 4. The zero-order valence-electron chi connectivity index (χ0n) is 8.91. The highest BCUT2D eigenvalue weighted by Crippen LogP contribution is 1.83. The van der Waals surface area contributed by atoms with Crippen LogP contribution in [-0.2, 0) is 9.59 Å². The molecule has 0 aromatic carbocycles. The number of hydrogen-bond donors (Lipinski definition) is 6. The summed E-state index contributed by atoms with van der Waals surface area (Å²) in [6.45, 7) is 1.73. The molecule has 0 aliphatic carbocycles. The lowest BCUT2D eigenvalue weighted by atomic mass is 10.3. The average Bonchev–Trinajstić information content (AvgIpc) is 2.19. The van der Waals surface area contributed by atoms with E-state index in [4.69, 9.17) is 20.4 Å². The molecular weight excluding hydrogens is 256 g/mol. The van der Waals surface area contributed by atoms with Gasteiger partial charge >= 0.3 is 11.9 Å². The molecule has 0 aromatic rings. The van der Waals surface area contributed by atoms with E-state index in [1.165, 1.54) is 0 Å². The van der Waals surface area contributed by atoms with Crippen molar-refractivity contribution in [1.82, 2.24) is 0 Å². The van der Waals surface area contributed by atoms with Crippen molar-refractivity contribution in [2.75, 3.05) is 18.1 Å². The number of aliphatic hydroxyl groups is 2. The Labute approximate surface area is 105 Å². The largest absolute Gasteiger partial charge is 0.481 e. The van der Waals surface area contributed by atoms with Gasteiger partial charge in [-0.15, -0.1) is 0 Å². The molecule has 0 aliphatic heterocycles. The molecule has 1 atom stereocenters. The minimum Gasteiger partial charge on any atom is -0.481 e. The van der Waals surface area contributed by atoms with E-state index in [-0.39, 0.29) is 24.2 Å². The summed E-state index contributed by atoms with van der Waals surface area (Å²) in [5.41, 5.74) is 0. The predicted molar refractivity (Wildman–Crippen MR) is 66.4 cm³/mol. The molecule has 6 nitrogen and oxygen atoms in total. The Bertz CT molecular complexity index is 160. The molecule has 0 saturated carbocycles. The topological polar surface area (TPSA) is 115 Å². The SMILES string of the molecule is CC(O)CCO.O=C(O)CS.O=C(O)CS. The molecule has 0 bridgehead atoms. The quantitative estimate of drug-likeness (QED) is 0.394. The molecule has 0 spiro atoms. The summed E-state index contributed by atoms with van der Waals surface area (Å²) in [6, 6.07) is 0. The van der Waals surface area contributed by atoms with Crippen LogP contribution < -0.4 is 0 Å². The van der Waals surface area contributed by atoms with Gasteiger partial charge in [0, 0.05) is 6.61 Å². The summed E-state index contributed by atoms with van der Waals surface area (Å²) in [6.07, 6.45) is 0.134. The third kappa shape index (κ3) is 49.7. The first-order chi connectivity index (χ1) is 7.31. The Morgan fingerprint density at radius 1 is 1.12 bits per heavy atom. The molecule has 8 heteroatoms. The highest BCUT2D eigenvalue weighted by Gasteiger charge is 1.88. The first-order valence-electron chi connectivity index (χ1n) is 4.26. The van der Waals surface area contributed by atoms with Crippen LogP contribution in [0.5, 0.6) is 0 Å². The molecule has 0 radical (unpaired) electrons. The molecule has 0 aliphatic rings. The van der Waals surface area contributed by atoms with Gasteiger partial charge in [0.1, 0.15) is 0 Å². The minimum atomic E-state index is -0.881.